The normalized spacial score (nSPS) is 13.9. The first-order valence-electron chi connectivity index (χ1n) is 11.9. The number of carbonyl (C=O) groups excluding carboxylic acids is 2. The van der Waals surface area contributed by atoms with Crippen LogP contribution in [-0.4, -0.2) is 60.7 Å². The lowest BCUT2D eigenvalue weighted by atomic mass is 9.76. The molecule has 0 amide bonds. The van der Waals surface area contributed by atoms with Crippen molar-refractivity contribution < 1.29 is 29.3 Å². The fraction of sp³-hybridized carbons (Fsp3) is 0.310. The van der Waals surface area contributed by atoms with Gasteiger partial charge in [-0.25, -0.2) is 0 Å². The minimum absolute atomic E-state index is 0. The molecule has 0 aromatic heterocycles. The predicted octanol–water partition coefficient (Wildman–Crippen LogP) is 2.78. The fourth-order valence-electron chi connectivity index (χ4n) is 3.88. The summed E-state index contributed by atoms with van der Waals surface area (Å²) in [6.07, 6.45) is -1.79. The van der Waals surface area contributed by atoms with Crippen molar-refractivity contribution in [2.24, 2.45) is 5.73 Å². The van der Waals surface area contributed by atoms with Crippen molar-refractivity contribution >= 4 is 24.3 Å². The average Bonchev–Trinajstić information content (AvgIpc) is 2.94. The van der Waals surface area contributed by atoms with Crippen molar-refractivity contribution in [3.8, 4) is 0 Å². The number of aliphatic hydroxyl groups is 2. The van der Waals surface area contributed by atoms with E-state index in [0.29, 0.717) is 0 Å². The second-order valence-corrected chi connectivity index (χ2v) is 8.52. The number of ether oxygens (including phenoxy) is 2. The van der Waals surface area contributed by atoms with Crippen LogP contribution in [0.2, 0.25) is 0 Å². The molecule has 0 fully saturated rings. The molecular weight excluding hydrogens is 508 g/mol. The predicted molar refractivity (Wildman–Crippen MR) is 149 cm³/mol. The topological polar surface area (TPSA) is 131 Å². The number of benzene rings is 3. The zero-order valence-corrected chi connectivity index (χ0v) is 22.8. The molecule has 0 aliphatic heterocycles. The first-order valence-corrected chi connectivity index (χ1v) is 11.9. The highest BCUT2D eigenvalue weighted by molar-refractivity contribution is 5.85. The number of aliphatic hydroxyl groups excluding tert-OH is 2. The fourth-order valence-corrected chi connectivity index (χ4v) is 3.88. The second-order valence-electron chi connectivity index (χ2n) is 8.52. The summed E-state index contributed by atoms with van der Waals surface area (Å²) in [7, 11) is 2.55. The van der Waals surface area contributed by atoms with Gasteiger partial charge in [0.25, 0.3) is 0 Å². The minimum atomic E-state index is -0.942. The Labute approximate surface area is 230 Å². The first-order chi connectivity index (χ1) is 17.7. The molecule has 5 N–H and O–H groups in total. The van der Waals surface area contributed by atoms with Crippen LogP contribution in [0.1, 0.15) is 30.5 Å². The van der Waals surface area contributed by atoms with Gasteiger partial charge in [-0.05, 0) is 30.5 Å². The van der Waals surface area contributed by atoms with Gasteiger partial charge in [0.05, 0.1) is 32.0 Å². The van der Waals surface area contributed by atoms with Gasteiger partial charge in [0, 0.05) is 0 Å². The maximum absolute atomic E-state index is 12.5. The van der Waals surface area contributed by atoms with Gasteiger partial charge in [-0.15, -0.1) is 12.4 Å². The molecule has 8 nitrogen and oxygen atoms in total. The molecule has 0 saturated heterocycles. The number of hydrogen-bond donors (Lipinski definition) is 4. The monoisotopic (exact) mass is 544 g/mol. The smallest absolute Gasteiger partial charge is 0.325 e. The minimum Gasteiger partial charge on any atom is -0.468 e. The molecule has 0 aliphatic carbocycles. The Balaban J connectivity index is 0.000000622. The molecule has 0 aliphatic rings. The van der Waals surface area contributed by atoms with E-state index in [1.54, 1.807) is 6.92 Å². The highest BCUT2D eigenvalue weighted by atomic mass is 35.5. The Morgan fingerprint density at radius 3 is 1.29 bits per heavy atom. The van der Waals surface area contributed by atoms with E-state index in [1.807, 2.05) is 91.0 Å². The molecule has 206 valence electrons. The van der Waals surface area contributed by atoms with Gasteiger partial charge in [-0.1, -0.05) is 91.0 Å². The standard InChI is InChI=1S/C24H25NO3.C5H11NO3.ClH/c1-18(26)22(23(27)28-2)25-24(19-12-6-3-7-13-19,20-14-8-4-9-15-20)21-16-10-5-11-17-21;1-3(7)4(6)5(8)9-2;/h3-18,22,25-26H,1-2H3;3-4,7H,6H2,1-2H3;1H/t18-,22-;3-,4-;/m00./s1. The molecule has 0 bridgehead atoms. The van der Waals surface area contributed by atoms with Crippen LogP contribution in [0.3, 0.4) is 0 Å². The van der Waals surface area contributed by atoms with Crippen molar-refractivity contribution in [3.05, 3.63) is 108 Å². The van der Waals surface area contributed by atoms with Gasteiger partial charge in [-0.3, -0.25) is 14.9 Å². The molecule has 3 aromatic rings. The van der Waals surface area contributed by atoms with Crippen molar-refractivity contribution in [1.82, 2.24) is 5.32 Å². The van der Waals surface area contributed by atoms with E-state index in [-0.39, 0.29) is 12.4 Å². The van der Waals surface area contributed by atoms with E-state index in [1.165, 1.54) is 21.1 Å². The maximum Gasteiger partial charge on any atom is 0.325 e. The number of nitrogens with two attached hydrogens (primary N) is 1. The second kappa shape index (κ2) is 15.9. The van der Waals surface area contributed by atoms with Crippen LogP contribution in [-0.2, 0) is 24.6 Å². The Bertz CT molecular complexity index is 1000. The van der Waals surface area contributed by atoms with Crippen LogP contribution >= 0.6 is 12.4 Å². The molecule has 9 heteroatoms. The summed E-state index contributed by atoms with van der Waals surface area (Å²) in [6, 6.07) is 27.9. The third-order valence-corrected chi connectivity index (χ3v) is 5.92. The van der Waals surface area contributed by atoms with Crippen LogP contribution in [0.4, 0.5) is 0 Å². The number of nitrogens with one attached hydrogen (secondary N) is 1. The quantitative estimate of drug-likeness (QED) is 0.239. The summed E-state index contributed by atoms with van der Waals surface area (Å²) in [5.41, 5.74) is 7.18. The molecular formula is C29H37ClN2O6. The van der Waals surface area contributed by atoms with E-state index in [4.69, 9.17) is 15.6 Å². The number of hydrogen-bond acceptors (Lipinski definition) is 8. The Kier molecular flexibility index (Phi) is 13.7. The van der Waals surface area contributed by atoms with Gasteiger partial charge >= 0.3 is 11.9 Å². The van der Waals surface area contributed by atoms with Crippen molar-refractivity contribution in [1.29, 1.82) is 0 Å². The summed E-state index contributed by atoms with van der Waals surface area (Å²) in [5.74, 6) is -1.10. The Hall–Kier alpha value is -3.27. The zero-order chi connectivity index (χ0) is 27.4. The van der Waals surface area contributed by atoms with E-state index >= 15 is 0 Å². The molecule has 38 heavy (non-hydrogen) atoms. The molecule has 0 saturated carbocycles. The van der Waals surface area contributed by atoms with Crippen LogP contribution < -0.4 is 11.1 Å². The summed E-state index contributed by atoms with van der Waals surface area (Å²) in [5, 5.41) is 22.5. The zero-order valence-electron chi connectivity index (χ0n) is 22.0. The van der Waals surface area contributed by atoms with Crippen molar-refractivity contribution in [2.75, 3.05) is 14.2 Å². The van der Waals surface area contributed by atoms with E-state index < -0.39 is 41.8 Å². The lowest BCUT2D eigenvalue weighted by molar-refractivity contribution is -0.146. The number of carbonyl (C=O) groups is 2. The van der Waals surface area contributed by atoms with Crippen LogP contribution in [0.5, 0.6) is 0 Å². The molecule has 0 heterocycles. The Morgan fingerprint density at radius 1 is 0.711 bits per heavy atom. The van der Waals surface area contributed by atoms with Gasteiger partial charge in [0.1, 0.15) is 12.1 Å². The van der Waals surface area contributed by atoms with Crippen molar-refractivity contribution in [2.45, 2.75) is 43.7 Å². The number of esters is 2. The third kappa shape index (κ3) is 8.11. The van der Waals surface area contributed by atoms with Crippen molar-refractivity contribution in [3.63, 3.8) is 0 Å². The van der Waals surface area contributed by atoms with Crippen LogP contribution in [0.25, 0.3) is 0 Å². The summed E-state index contributed by atoms with van der Waals surface area (Å²) in [6.45, 7) is 3.02. The van der Waals surface area contributed by atoms with Crippen LogP contribution in [0.15, 0.2) is 91.0 Å². The van der Waals surface area contributed by atoms with E-state index in [2.05, 4.69) is 10.1 Å². The Morgan fingerprint density at radius 2 is 1.05 bits per heavy atom. The van der Waals surface area contributed by atoms with Gasteiger partial charge in [-0.2, -0.15) is 0 Å². The average molecular weight is 545 g/mol. The maximum atomic E-state index is 12.5. The van der Waals surface area contributed by atoms with E-state index in [0.717, 1.165) is 16.7 Å². The molecule has 3 aromatic carbocycles. The van der Waals surface area contributed by atoms with Gasteiger partial charge < -0.3 is 25.4 Å². The third-order valence-electron chi connectivity index (χ3n) is 5.92. The first kappa shape index (κ1) is 32.8. The lowest BCUT2D eigenvalue weighted by Gasteiger charge is -2.40. The molecule has 3 rings (SSSR count). The summed E-state index contributed by atoms with van der Waals surface area (Å²) >= 11 is 0. The number of halogens is 1. The van der Waals surface area contributed by atoms with Gasteiger partial charge in [0.15, 0.2) is 0 Å². The summed E-state index contributed by atoms with van der Waals surface area (Å²) in [4.78, 5) is 22.9. The largest absolute Gasteiger partial charge is 0.468 e. The SMILES string of the molecule is COC(=O)[C@@H](N)[C@H](C)O.COC(=O)[C@@H](NC(c1ccccc1)(c1ccccc1)c1ccccc1)[C@H](C)O.Cl. The lowest BCUT2D eigenvalue weighted by Crippen LogP contribution is -2.56. The van der Waals surface area contributed by atoms with Crippen LogP contribution in [0, 0.1) is 0 Å². The highest BCUT2D eigenvalue weighted by Gasteiger charge is 2.41. The summed E-state index contributed by atoms with van der Waals surface area (Å²) < 4.78 is 9.22. The number of methoxy groups -OCH3 is 2. The van der Waals surface area contributed by atoms with E-state index in [9.17, 15) is 14.7 Å². The van der Waals surface area contributed by atoms with Gasteiger partial charge in [0.2, 0.25) is 0 Å². The molecule has 0 unspecified atom stereocenters. The molecule has 0 spiro atoms. The highest BCUT2D eigenvalue weighted by Crippen LogP contribution is 2.37. The molecule has 4 atom stereocenters. The number of rotatable bonds is 9. The molecule has 0 radical (unpaired) electrons.